The summed E-state index contributed by atoms with van der Waals surface area (Å²) >= 11 is 8.23. The van der Waals surface area contributed by atoms with Crippen LogP contribution in [0, 0.1) is 5.92 Å². The van der Waals surface area contributed by atoms with Crippen molar-refractivity contribution in [3.63, 3.8) is 0 Å². The standard InChI is InChI=1S/C27H35ClN2O6S/c1-4-7-23-29-26(37-19-10-8-17(9-11-19)12-24(31)33-5-2)25(27(32)34-6-3)30(23)15-18-13-21-22(14-20(18)28)36-16-35-21/h13-14,17,19H,4-12,15-16H2,1-3H3. The molecule has 1 aromatic carbocycles. The van der Waals surface area contributed by atoms with Gasteiger partial charge >= 0.3 is 11.9 Å². The molecule has 1 aliphatic heterocycles. The molecule has 1 fully saturated rings. The van der Waals surface area contributed by atoms with Crippen molar-refractivity contribution in [2.45, 2.75) is 82.5 Å². The number of nitrogens with zero attached hydrogens (tertiary/aromatic N) is 2. The van der Waals surface area contributed by atoms with Crippen molar-refractivity contribution < 1.29 is 28.5 Å². The van der Waals surface area contributed by atoms with Crippen LogP contribution in [0.2, 0.25) is 5.02 Å². The molecule has 0 amide bonds. The van der Waals surface area contributed by atoms with Crippen LogP contribution in [0.4, 0.5) is 0 Å². The van der Waals surface area contributed by atoms with Crippen LogP contribution in [0.15, 0.2) is 17.2 Å². The average Bonchev–Trinajstić information content (AvgIpc) is 3.45. The summed E-state index contributed by atoms with van der Waals surface area (Å²) < 4.78 is 23.5. The molecule has 4 rings (SSSR count). The maximum Gasteiger partial charge on any atom is 0.357 e. The van der Waals surface area contributed by atoms with Gasteiger partial charge in [0, 0.05) is 29.2 Å². The Balaban J connectivity index is 1.57. The normalized spacial score (nSPS) is 18.6. The molecule has 0 saturated heterocycles. The number of aryl methyl sites for hydroxylation is 1. The van der Waals surface area contributed by atoms with Gasteiger partial charge in [0.25, 0.3) is 0 Å². The van der Waals surface area contributed by atoms with Crippen molar-refractivity contribution in [3.8, 4) is 11.5 Å². The molecular formula is C27H35ClN2O6S. The molecule has 0 spiro atoms. The largest absolute Gasteiger partial charge is 0.466 e. The smallest absolute Gasteiger partial charge is 0.357 e. The lowest BCUT2D eigenvalue weighted by atomic mass is 9.87. The van der Waals surface area contributed by atoms with E-state index >= 15 is 0 Å². The summed E-state index contributed by atoms with van der Waals surface area (Å²) in [6, 6.07) is 3.62. The Hall–Kier alpha value is -2.39. The van der Waals surface area contributed by atoms with Crippen LogP contribution in [-0.4, -0.2) is 46.7 Å². The molecule has 0 atom stereocenters. The van der Waals surface area contributed by atoms with Gasteiger partial charge in [0.1, 0.15) is 10.9 Å². The second-order valence-electron chi connectivity index (χ2n) is 9.31. The van der Waals surface area contributed by atoms with Crippen LogP contribution in [0.25, 0.3) is 0 Å². The van der Waals surface area contributed by atoms with Crippen LogP contribution >= 0.6 is 23.4 Å². The van der Waals surface area contributed by atoms with E-state index in [1.165, 1.54) is 0 Å². The van der Waals surface area contributed by atoms with Crippen LogP contribution in [0.3, 0.4) is 0 Å². The fourth-order valence-corrected chi connectivity index (χ4v) is 6.36. The highest BCUT2D eigenvalue weighted by Crippen LogP contribution is 2.40. The summed E-state index contributed by atoms with van der Waals surface area (Å²) in [7, 11) is 0. The van der Waals surface area contributed by atoms with Crippen LogP contribution in [-0.2, 0) is 27.2 Å². The molecule has 1 aliphatic carbocycles. The fourth-order valence-electron chi connectivity index (χ4n) is 4.86. The van der Waals surface area contributed by atoms with Crippen molar-refractivity contribution in [1.29, 1.82) is 0 Å². The average molecular weight is 551 g/mol. The SMILES string of the molecule is CCCc1nc(SC2CCC(CC(=O)OCC)CC2)c(C(=O)OCC)n1Cc1cc2c(cc1Cl)OCO2. The van der Waals surface area contributed by atoms with Gasteiger partial charge in [-0.2, -0.15) is 0 Å². The van der Waals surface area contributed by atoms with Crippen molar-refractivity contribution in [3.05, 3.63) is 34.2 Å². The first-order valence-electron chi connectivity index (χ1n) is 13.1. The third-order valence-corrected chi connectivity index (χ3v) is 8.32. The molecule has 0 unspecified atom stereocenters. The molecule has 1 saturated carbocycles. The van der Waals surface area contributed by atoms with E-state index in [4.69, 9.17) is 35.5 Å². The van der Waals surface area contributed by atoms with Crippen molar-refractivity contribution >= 4 is 35.3 Å². The number of benzene rings is 1. The number of rotatable bonds is 11. The molecule has 10 heteroatoms. The van der Waals surface area contributed by atoms with E-state index in [0.717, 1.165) is 49.9 Å². The number of halogens is 1. The van der Waals surface area contributed by atoms with Gasteiger partial charge < -0.3 is 23.5 Å². The highest BCUT2D eigenvalue weighted by Gasteiger charge is 2.30. The molecule has 8 nitrogen and oxygen atoms in total. The molecule has 37 heavy (non-hydrogen) atoms. The second-order valence-corrected chi connectivity index (χ2v) is 11.0. The predicted octanol–water partition coefficient (Wildman–Crippen LogP) is 6.05. The van der Waals surface area contributed by atoms with E-state index in [-0.39, 0.29) is 25.3 Å². The first-order valence-corrected chi connectivity index (χ1v) is 14.4. The minimum Gasteiger partial charge on any atom is -0.466 e. The Bertz CT molecular complexity index is 1110. The summed E-state index contributed by atoms with van der Waals surface area (Å²) in [6.07, 6.45) is 5.92. The van der Waals surface area contributed by atoms with E-state index in [2.05, 4.69) is 6.92 Å². The van der Waals surface area contributed by atoms with Gasteiger partial charge in [0.2, 0.25) is 6.79 Å². The van der Waals surface area contributed by atoms with E-state index in [9.17, 15) is 9.59 Å². The predicted molar refractivity (Wildman–Crippen MR) is 142 cm³/mol. The Labute approximate surface area is 227 Å². The Morgan fingerprint density at radius 3 is 2.46 bits per heavy atom. The molecule has 2 heterocycles. The third-order valence-electron chi connectivity index (χ3n) is 6.66. The number of fused-ring (bicyclic) bond motifs is 1. The number of carbonyl (C=O) groups is 2. The minimum atomic E-state index is -0.382. The van der Waals surface area contributed by atoms with E-state index < -0.39 is 0 Å². The highest BCUT2D eigenvalue weighted by atomic mass is 35.5. The summed E-state index contributed by atoms with van der Waals surface area (Å²) in [5.74, 6) is 1.94. The number of carbonyl (C=O) groups excluding carboxylic acids is 2. The van der Waals surface area contributed by atoms with Crippen molar-refractivity contribution in [2.24, 2.45) is 5.92 Å². The molecule has 2 aliphatic rings. The zero-order chi connectivity index (χ0) is 26.4. The summed E-state index contributed by atoms with van der Waals surface area (Å²) in [4.78, 5) is 30.0. The monoisotopic (exact) mass is 550 g/mol. The number of ether oxygens (including phenoxy) is 4. The van der Waals surface area contributed by atoms with E-state index in [0.29, 0.717) is 58.0 Å². The van der Waals surface area contributed by atoms with Crippen LogP contribution in [0.1, 0.15) is 81.2 Å². The molecule has 2 aromatic rings. The third kappa shape index (κ3) is 6.74. The van der Waals surface area contributed by atoms with E-state index in [1.54, 1.807) is 24.8 Å². The zero-order valence-corrected chi connectivity index (χ0v) is 23.3. The van der Waals surface area contributed by atoms with E-state index in [1.807, 2.05) is 17.6 Å². The molecular weight excluding hydrogens is 516 g/mol. The number of hydrogen-bond donors (Lipinski definition) is 0. The van der Waals surface area contributed by atoms with Gasteiger partial charge in [0.05, 0.1) is 19.8 Å². The van der Waals surface area contributed by atoms with Gasteiger partial charge in [-0.15, -0.1) is 11.8 Å². The Morgan fingerprint density at radius 1 is 1.08 bits per heavy atom. The summed E-state index contributed by atoms with van der Waals surface area (Å²) in [6.45, 7) is 6.96. The van der Waals surface area contributed by atoms with Gasteiger partial charge in [-0.1, -0.05) is 18.5 Å². The number of esters is 2. The fraction of sp³-hybridized carbons (Fsp3) is 0.593. The zero-order valence-electron chi connectivity index (χ0n) is 21.7. The molecule has 1 aromatic heterocycles. The second kappa shape index (κ2) is 12.9. The van der Waals surface area contributed by atoms with Gasteiger partial charge in [-0.3, -0.25) is 4.79 Å². The van der Waals surface area contributed by atoms with Crippen LogP contribution in [0.5, 0.6) is 11.5 Å². The lowest BCUT2D eigenvalue weighted by molar-refractivity contribution is -0.144. The van der Waals surface area contributed by atoms with Gasteiger partial charge in [-0.05, 0) is 63.5 Å². The molecule has 0 radical (unpaired) electrons. The first-order chi connectivity index (χ1) is 17.9. The lowest BCUT2D eigenvalue weighted by Crippen LogP contribution is -2.20. The molecule has 202 valence electrons. The first kappa shape index (κ1) is 27.6. The molecule has 0 bridgehead atoms. The quantitative estimate of drug-likeness (QED) is 0.312. The summed E-state index contributed by atoms with van der Waals surface area (Å²) in [5, 5.41) is 1.57. The Morgan fingerprint density at radius 2 is 1.78 bits per heavy atom. The van der Waals surface area contributed by atoms with Crippen LogP contribution < -0.4 is 9.47 Å². The Kier molecular flexibility index (Phi) is 9.65. The topological polar surface area (TPSA) is 88.9 Å². The van der Waals surface area contributed by atoms with Crippen molar-refractivity contribution in [2.75, 3.05) is 20.0 Å². The highest BCUT2D eigenvalue weighted by molar-refractivity contribution is 7.99. The van der Waals surface area contributed by atoms with Gasteiger partial charge in [-0.25, -0.2) is 9.78 Å². The van der Waals surface area contributed by atoms with Crippen molar-refractivity contribution in [1.82, 2.24) is 9.55 Å². The number of imidazole rings is 1. The van der Waals surface area contributed by atoms with Gasteiger partial charge in [0.15, 0.2) is 17.2 Å². The maximum atomic E-state index is 13.2. The number of thioether (sulfide) groups is 1. The number of aromatic nitrogens is 2. The lowest BCUT2D eigenvalue weighted by Gasteiger charge is -2.27. The minimum absolute atomic E-state index is 0.117. The maximum absolute atomic E-state index is 13.2. The summed E-state index contributed by atoms with van der Waals surface area (Å²) in [5.41, 5.74) is 1.29. The molecule has 0 N–H and O–H groups in total. The number of hydrogen-bond acceptors (Lipinski definition) is 8.